The second-order valence-electron chi connectivity index (χ2n) is 8.44. The number of fused-ring (bicyclic) bond motifs is 1. The van der Waals surface area contributed by atoms with Gasteiger partial charge in [0.25, 0.3) is 15.9 Å². The largest absolute Gasteiger partial charge is 0.491 e. The highest BCUT2D eigenvalue weighted by Crippen LogP contribution is 2.23. The molecule has 180 valence electrons. The lowest BCUT2D eigenvalue weighted by molar-refractivity contribution is -0.130. The number of hydrogen-bond acceptors (Lipinski definition) is 6. The van der Waals surface area contributed by atoms with E-state index in [2.05, 4.69) is 0 Å². The number of sulfonamides is 1. The normalized spacial score (nSPS) is 15.3. The van der Waals surface area contributed by atoms with Crippen molar-refractivity contribution in [2.75, 3.05) is 26.2 Å². The van der Waals surface area contributed by atoms with Crippen LogP contribution >= 0.6 is 0 Å². The molecule has 0 saturated carbocycles. The summed E-state index contributed by atoms with van der Waals surface area (Å²) in [4.78, 5) is 26.2. The zero-order valence-corrected chi connectivity index (χ0v) is 19.9. The van der Waals surface area contributed by atoms with Crippen LogP contribution in [0.15, 0.2) is 59.6 Å². The van der Waals surface area contributed by atoms with E-state index < -0.39 is 21.9 Å². The van der Waals surface area contributed by atoms with Gasteiger partial charge in [0.2, 0.25) is 0 Å². The molecule has 1 amide bonds. The summed E-state index contributed by atoms with van der Waals surface area (Å²) in [5.41, 5.74) is 1.03. The lowest BCUT2D eigenvalue weighted by Crippen LogP contribution is -2.52. The van der Waals surface area contributed by atoms with Crippen LogP contribution in [0.5, 0.6) is 5.75 Å². The highest BCUT2D eigenvalue weighted by molar-refractivity contribution is 7.89. The van der Waals surface area contributed by atoms with E-state index in [-0.39, 0.29) is 29.7 Å². The van der Waals surface area contributed by atoms with Crippen LogP contribution < -0.4 is 4.74 Å². The highest BCUT2D eigenvalue weighted by atomic mass is 32.2. The number of aromatic carboxylic acids is 1. The number of nitrogens with zero attached hydrogens (tertiary/aromatic N) is 3. The van der Waals surface area contributed by atoms with Crippen molar-refractivity contribution in [1.29, 1.82) is 0 Å². The molecule has 0 aliphatic carbocycles. The molecule has 0 spiro atoms. The Morgan fingerprint density at radius 3 is 2.41 bits per heavy atom. The number of piperazine rings is 1. The number of ether oxygens (including phenoxy) is 1. The summed E-state index contributed by atoms with van der Waals surface area (Å²) in [6.45, 7) is 5.14. The number of carboxylic acids is 1. The van der Waals surface area contributed by atoms with Crippen LogP contribution in [0.1, 0.15) is 24.2 Å². The number of aromatic nitrogens is 1. The molecule has 10 heteroatoms. The Labute approximate surface area is 198 Å². The van der Waals surface area contributed by atoms with Crippen molar-refractivity contribution in [3.8, 4) is 5.75 Å². The molecule has 2 heterocycles. The summed E-state index contributed by atoms with van der Waals surface area (Å²) in [6, 6.07) is 13.3. The highest BCUT2D eigenvalue weighted by Gasteiger charge is 2.34. The van der Waals surface area contributed by atoms with Crippen LogP contribution in [0.4, 0.5) is 0 Å². The summed E-state index contributed by atoms with van der Waals surface area (Å²) in [5.74, 6) is -0.918. The maximum atomic E-state index is 13.0. The molecule has 1 saturated heterocycles. The summed E-state index contributed by atoms with van der Waals surface area (Å²) < 4.78 is 34.4. The molecule has 0 bridgehead atoms. The van der Waals surface area contributed by atoms with Gasteiger partial charge in [-0.05, 0) is 44.2 Å². The SMILES string of the molecule is CC(C)Oc1ccc(S(=O)(=O)N2CCN(CCn3cc(C(=O)O)c4ccccc43)CC2=O)cc1. The second-order valence-corrected chi connectivity index (χ2v) is 10.3. The molecule has 0 radical (unpaired) electrons. The Morgan fingerprint density at radius 2 is 1.76 bits per heavy atom. The van der Waals surface area contributed by atoms with Crippen molar-refractivity contribution >= 4 is 32.8 Å². The first-order valence-electron chi connectivity index (χ1n) is 11.0. The third-order valence-corrected chi connectivity index (χ3v) is 7.55. The number of carboxylic acid groups (broad SMARTS) is 1. The molecular formula is C24H27N3O6S. The molecular weight excluding hydrogens is 458 g/mol. The Kier molecular flexibility index (Phi) is 6.63. The molecule has 0 unspecified atom stereocenters. The second kappa shape index (κ2) is 9.47. The van der Waals surface area contributed by atoms with Crippen molar-refractivity contribution in [3.63, 3.8) is 0 Å². The van der Waals surface area contributed by atoms with E-state index in [0.717, 1.165) is 9.82 Å². The molecule has 1 aromatic heterocycles. The zero-order chi connectivity index (χ0) is 24.5. The summed E-state index contributed by atoms with van der Waals surface area (Å²) in [5, 5.41) is 10.1. The average molecular weight is 486 g/mol. The Hall–Kier alpha value is -3.37. The van der Waals surface area contributed by atoms with E-state index in [4.69, 9.17) is 4.74 Å². The zero-order valence-electron chi connectivity index (χ0n) is 19.0. The number of carbonyl (C=O) groups excluding carboxylic acids is 1. The fourth-order valence-corrected chi connectivity index (χ4v) is 5.47. The molecule has 4 rings (SSSR count). The monoisotopic (exact) mass is 485 g/mol. The quantitative estimate of drug-likeness (QED) is 0.522. The van der Waals surface area contributed by atoms with Crippen LogP contribution in [0.2, 0.25) is 0 Å². The van der Waals surface area contributed by atoms with Gasteiger partial charge in [0.15, 0.2) is 0 Å². The molecule has 3 aromatic rings. The summed E-state index contributed by atoms with van der Waals surface area (Å²) in [7, 11) is -3.95. The smallest absolute Gasteiger partial charge is 0.337 e. The van der Waals surface area contributed by atoms with Gasteiger partial charge in [-0.3, -0.25) is 9.69 Å². The van der Waals surface area contributed by atoms with Crippen LogP contribution in [-0.2, 0) is 21.4 Å². The number of para-hydroxylation sites is 1. The fourth-order valence-electron chi connectivity index (χ4n) is 4.09. The average Bonchev–Trinajstić information content (AvgIpc) is 3.17. The van der Waals surface area contributed by atoms with Crippen molar-refractivity contribution < 1.29 is 27.9 Å². The van der Waals surface area contributed by atoms with Crippen molar-refractivity contribution in [2.24, 2.45) is 0 Å². The van der Waals surface area contributed by atoms with Gasteiger partial charge in [-0.2, -0.15) is 0 Å². The maximum absolute atomic E-state index is 13.0. The molecule has 1 aliphatic heterocycles. The Balaban J connectivity index is 1.41. The van der Waals surface area contributed by atoms with Crippen molar-refractivity contribution in [3.05, 3.63) is 60.3 Å². The Morgan fingerprint density at radius 1 is 1.06 bits per heavy atom. The van der Waals surface area contributed by atoms with Crippen LogP contribution in [0, 0.1) is 0 Å². The van der Waals surface area contributed by atoms with Gasteiger partial charge in [-0.25, -0.2) is 17.5 Å². The third kappa shape index (κ3) is 4.78. The number of benzene rings is 2. The molecule has 1 fully saturated rings. The fraction of sp³-hybridized carbons (Fsp3) is 0.333. The molecule has 34 heavy (non-hydrogen) atoms. The van der Waals surface area contributed by atoms with E-state index in [9.17, 15) is 23.1 Å². The predicted octanol–water partition coefficient (Wildman–Crippen LogP) is 2.66. The van der Waals surface area contributed by atoms with Crippen molar-refractivity contribution in [1.82, 2.24) is 13.8 Å². The predicted molar refractivity (Wildman–Crippen MR) is 126 cm³/mol. The van der Waals surface area contributed by atoms with E-state index in [1.807, 2.05) is 35.4 Å². The standard InChI is InChI=1S/C24H27N3O6S/c1-17(2)33-18-7-9-19(10-8-18)34(31,32)27-14-12-25(16-23(27)28)11-13-26-15-21(24(29)30)20-5-3-4-6-22(20)26/h3-10,15,17H,11-14,16H2,1-2H3,(H,29,30). The van der Waals surface area contributed by atoms with E-state index >= 15 is 0 Å². The van der Waals surface area contributed by atoms with Crippen LogP contribution in [0.3, 0.4) is 0 Å². The first-order valence-corrected chi connectivity index (χ1v) is 12.5. The van der Waals surface area contributed by atoms with Crippen LogP contribution in [-0.4, -0.2) is 71.5 Å². The van der Waals surface area contributed by atoms with Crippen molar-refractivity contribution in [2.45, 2.75) is 31.4 Å². The maximum Gasteiger partial charge on any atom is 0.337 e. The lowest BCUT2D eigenvalue weighted by atomic mass is 10.2. The molecule has 0 atom stereocenters. The van der Waals surface area contributed by atoms with Gasteiger partial charge in [-0.1, -0.05) is 18.2 Å². The van der Waals surface area contributed by atoms with Gasteiger partial charge < -0.3 is 14.4 Å². The first-order chi connectivity index (χ1) is 16.2. The topological polar surface area (TPSA) is 109 Å². The van der Waals surface area contributed by atoms with Gasteiger partial charge in [0.05, 0.1) is 29.7 Å². The van der Waals surface area contributed by atoms with E-state index in [0.29, 0.717) is 30.8 Å². The number of amides is 1. The minimum atomic E-state index is -3.95. The van der Waals surface area contributed by atoms with Gasteiger partial charge in [-0.15, -0.1) is 0 Å². The van der Waals surface area contributed by atoms with Gasteiger partial charge >= 0.3 is 5.97 Å². The summed E-state index contributed by atoms with van der Waals surface area (Å²) >= 11 is 0. The summed E-state index contributed by atoms with van der Waals surface area (Å²) in [6.07, 6.45) is 1.57. The number of hydrogen-bond donors (Lipinski definition) is 1. The van der Waals surface area contributed by atoms with Crippen LogP contribution in [0.25, 0.3) is 10.9 Å². The minimum absolute atomic E-state index is 0.0290. The molecule has 2 aromatic carbocycles. The minimum Gasteiger partial charge on any atom is -0.491 e. The third-order valence-electron chi connectivity index (χ3n) is 5.72. The van der Waals surface area contributed by atoms with E-state index in [1.54, 1.807) is 30.5 Å². The Bertz CT molecular complexity index is 1310. The number of rotatable bonds is 8. The lowest BCUT2D eigenvalue weighted by Gasteiger charge is -2.33. The molecule has 1 aliphatic rings. The van der Waals surface area contributed by atoms with E-state index in [1.165, 1.54) is 12.1 Å². The molecule has 9 nitrogen and oxygen atoms in total. The first kappa shape index (κ1) is 23.8. The van der Waals surface area contributed by atoms with Gasteiger partial charge in [0, 0.05) is 36.7 Å². The molecule has 1 N–H and O–H groups in total. The number of carbonyl (C=O) groups is 2. The van der Waals surface area contributed by atoms with Gasteiger partial charge in [0.1, 0.15) is 5.75 Å².